The zero-order chi connectivity index (χ0) is 12.3. The Morgan fingerprint density at radius 1 is 1.24 bits per heavy atom. The van der Waals surface area contributed by atoms with Gasteiger partial charge in [0.25, 0.3) is 0 Å². The molecule has 0 bridgehead atoms. The van der Waals surface area contributed by atoms with Gasteiger partial charge in [-0.05, 0) is 23.8 Å². The molecule has 0 aliphatic carbocycles. The van der Waals surface area contributed by atoms with E-state index >= 15 is 0 Å². The number of hydrogen-bond acceptors (Lipinski definition) is 3. The van der Waals surface area contributed by atoms with Gasteiger partial charge in [-0.3, -0.25) is 4.98 Å². The third-order valence-electron chi connectivity index (χ3n) is 2.59. The van der Waals surface area contributed by atoms with Crippen molar-refractivity contribution in [2.24, 2.45) is 0 Å². The molecule has 0 aliphatic heterocycles. The Morgan fingerprint density at radius 2 is 1.94 bits per heavy atom. The lowest BCUT2D eigenvalue weighted by molar-refractivity contribution is 0.179. The number of benzene rings is 1. The quantitative estimate of drug-likeness (QED) is 0.851. The Balaban J connectivity index is 2.14. The van der Waals surface area contributed by atoms with Crippen molar-refractivity contribution in [3.63, 3.8) is 0 Å². The van der Waals surface area contributed by atoms with Crippen molar-refractivity contribution in [2.45, 2.75) is 12.5 Å². The second-order valence-corrected chi connectivity index (χ2v) is 3.85. The number of nitrogen functional groups attached to an aromatic ring is 1. The molecule has 1 aromatic carbocycles. The van der Waals surface area contributed by atoms with Gasteiger partial charge in [0.15, 0.2) is 0 Å². The van der Waals surface area contributed by atoms with Crippen molar-refractivity contribution in [1.82, 2.24) is 4.98 Å². The van der Waals surface area contributed by atoms with Gasteiger partial charge in [0.05, 0.1) is 6.10 Å². The van der Waals surface area contributed by atoms with Crippen LogP contribution in [0.15, 0.2) is 42.7 Å². The van der Waals surface area contributed by atoms with Crippen LogP contribution in [0.3, 0.4) is 0 Å². The summed E-state index contributed by atoms with van der Waals surface area (Å²) in [6.07, 6.45) is 2.78. The average molecular weight is 232 g/mol. The Morgan fingerprint density at radius 3 is 2.59 bits per heavy atom. The standard InChI is InChI=1S/C13H13FN2O/c14-10-3-1-9(2-4-10)7-13(17)11-8-16-6-5-12(11)15/h1-6,8,13,17H,7H2,(H2,15,16). The number of pyridine rings is 1. The van der Waals surface area contributed by atoms with E-state index in [4.69, 9.17) is 5.73 Å². The van der Waals surface area contributed by atoms with E-state index in [2.05, 4.69) is 4.98 Å². The van der Waals surface area contributed by atoms with Crippen LogP contribution in [0.25, 0.3) is 0 Å². The van der Waals surface area contributed by atoms with E-state index in [1.165, 1.54) is 12.1 Å². The lowest BCUT2D eigenvalue weighted by Gasteiger charge is -2.12. The maximum absolute atomic E-state index is 12.7. The van der Waals surface area contributed by atoms with Crippen LogP contribution >= 0.6 is 0 Å². The fraction of sp³-hybridized carbons (Fsp3) is 0.154. The molecule has 1 unspecified atom stereocenters. The van der Waals surface area contributed by atoms with E-state index in [0.29, 0.717) is 17.7 Å². The summed E-state index contributed by atoms with van der Waals surface area (Å²) in [5, 5.41) is 10.0. The van der Waals surface area contributed by atoms with Crippen LogP contribution in [0.4, 0.5) is 10.1 Å². The van der Waals surface area contributed by atoms with Crippen molar-refractivity contribution in [2.75, 3.05) is 5.73 Å². The van der Waals surface area contributed by atoms with Crippen LogP contribution < -0.4 is 5.73 Å². The maximum atomic E-state index is 12.7. The predicted molar refractivity (Wildman–Crippen MR) is 63.7 cm³/mol. The normalized spacial score (nSPS) is 12.4. The fourth-order valence-corrected chi connectivity index (χ4v) is 1.65. The van der Waals surface area contributed by atoms with E-state index in [1.54, 1.807) is 30.6 Å². The Labute approximate surface area is 98.7 Å². The number of aliphatic hydroxyl groups excluding tert-OH is 1. The van der Waals surface area contributed by atoms with Gasteiger partial charge >= 0.3 is 0 Å². The van der Waals surface area contributed by atoms with E-state index < -0.39 is 6.10 Å². The van der Waals surface area contributed by atoms with E-state index in [9.17, 15) is 9.50 Å². The number of nitrogens with zero attached hydrogens (tertiary/aromatic N) is 1. The van der Waals surface area contributed by atoms with Crippen molar-refractivity contribution < 1.29 is 9.50 Å². The highest BCUT2D eigenvalue weighted by atomic mass is 19.1. The highest BCUT2D eigenvalue weighted by Gasteiger charge is 2.11. The average Bonchev–Trinajstić information content (AvgIpc) is 2.32. The molecule has 0 amide bonds. The summed E-state index contributed by atoms with van der Waals surface area (Å²) < 4.78 is 12.7. The highest BCUT2D eigenvalue weighted by Crippen LogP contribution is 2.22. The third-order valence-corrected chi connectivity index (χ3v) is 2.59. The van der Waals surface area contributed by atoms with Crippen molar-refractivity contribution in [3.8, 4) is 0 Å². The lowest BCUT2D eigenvalue weighted by Crippen LogP contribution is -2.05. The minimum Gasteiger partial charge on any atom is -0.398 e. The molecule has 1 heterocycles. The maximum Gasteiger partial charge on any atom is 0.123 e. The molecule has 1 aromatic heterocycles. The van der Waals surface area contributed by atoms with Gasteiger partial charge in [0.2, 0.25) is 0 Å². The second kappa shape index (κ2) is 4.93. The molecule has 0 radical (unpaired) electrons. The molecule has 2 aromatic rings. The predicted octanol–water partition coefficient (Wildman–Crippen LogP) is 2.08. The number of halogens is 1. The largest absolute Gasteiger partial charge is 0.398 e. The molecule has 2 rings (SSSR count). The smallest absolute Gasteiger partial charge is 0.123 e. The van der Waals surface area contributed by atoms with Gasteiger partial charge in [-0.25, -0.2) is 4.39 Å². The number of nitrogens with two attached hydrogens (primary N) is 1. The van der Waals surface area contributed by atoms with Crippen molar-refractivity contribution >= 4 is 5.69 Å². The Hall–Kier alpha value is -1.94. The van der Waals surface area contributed by atoms with Gasteiger partial charge in [0, 0.05) is 30.1 Å². The van der Waals surface area contributed by atoms with Crippen molar-refractivity contribution in [3.05, 3.63) is 59.7 Å². The van der Waals surface area contributed by atoms with Gasteiger partial charge in [-0.15, -0.1) is 0 Å². The first-order valence-corrected chi connectivity index (χ1v) is 5.28. The zero-order valence-corrected chi connectivity index (χ0v) is 9.18. The van der Waals surface area contributed by atoms with E-state index in [-0.39, 0.29) is 5.82 Å². The topological polar surface area (TPSA) is 59.1 Å². The highest BCUT2D eigenvalue weighted by molar-refractivity contribution is 5.46. The molecule has 4 heteroatoms. The van der Waals surface area contributed by atoms with Crippen LogP contribution in [0.5, 0.6) is 0 Å². The Bertz CT molecular complexity index is 499. The first-order valence-electron chi connectivity index (χ1n) is 5.28. The summed E-state index contributed by atoms with van der Waals surface area (Å²) in [6, 6.07) is 7.67. The van der Waals surface area contributed by atoms with Crippen LogP contribution in [-0.4, -0.2) is 10.1 Å². The number of aliphatic hydroxyl groups is 1. The Kier molecular flexibility index (Phi) is 3.35. The zero-order valence-electron chi connectivity index (χ0n) is 9.18. The van der Waals surface area contributed by atoms with Crippen LogP contribution in [0.2, 0.25) is 0 Å². The van der Waals surface area contributed by atoms with Crippen LogP contribution in [0.1, 0.15) is 17.2 Å². The first kappa shape index (κ1) is 11.5. The SMILES string of the molecule is Nc1ccncc1C(O)Cc1ccc(F)cc1. The molecule has 0 saturated carbocycles. The third kappa shape index (κ3) is 2.79. The first-order chi connectivity index (χ1) is 8.16. The summed E-state index contributed by atoms with van der Waals surface area (Å²) in [5.74, 6) is -0.288. The molecule has 3 N–H and O–H groups in total. The minimum atomic E-state index is -0.728. The summed E-state index contributed by atoms with van der Waals surface area (Å²) in [5.41, 5.74) is 7.69. The monoisotopic (exact) mass is 232 g/mol. The van der Waals surface area contributed by atoms with Gasteiger partial charge in [0.1, 0.15) is 5.82 Å². The fourth-order valence-electron chi connectivity index (χ4n) is 1.65. The molecular formula is C13H13FN2O. The number of anilines is 1. The minimum absolute atomic E-state index is 0.288. The van der Waals surface area contributed by atoms with Crippen molar-refractivity contribution in [1.29, 1.82) is 0 Å². The molecular weight excluding hydrogens is 219 g/mol. The van der Waals surface area contributed by atoms with Gasteiger partial charge in [-0.1, -0.05) is 12.1 Å². The summed E-state index contributed by atoms with van der Waals surface area (Å²) in [4.78, 5) is 3.92. The van der Waals surface area contributed by atoms with Gasteiger partial charge < -0.3 is 10.8 Å². The number of rotatable bonds is 3. The summed E-state index contributed by atoms with van der Waals surface area (Å²) >= 11 is 0. The molecule has 0 spiro atoms. The van der Waals surface area contributed by atoms with Crippen LogP contribution in [-0.2, 0) is 6.42 Å². The molecule has 1 atom stereocenters. The molecule has 17 heavy (non-hydrogen) atoms. The lowest BCUT2D eigenvalue weighted by atomic mass is 10.0. The molecule has 88 valence electrons. The number of aromatic nitrogens is 1. The van der Waals surface area contributed by atoms with Crippen LogP contribution in [0, 0.1) is 5.82 Å². The molecule has 0 saturated heterocycles. The summed E-state index contributed by atoms with van der Waals surface area (Å²) in [6.45, 7) is 0. The number of hydrogen-bond donors (Lipinski definition) is 2. The second-order valence-electron chi connectivity index (χ2n) is 3.85. The molecule has 3 nitrogen and oxygen atoms in total. The van der Waals surface area contributed by atoms with Gasteiger partial charge in [-0.2, -0.15) is 0 Å². The molecule has 0 aliphatic rings. The molecule has 0 fully saturated rings. The van der Waals surface area contributed by atoms with E-state index in [1.807, 2.05) is 0 Å². The van der Waals surface area contributed by atoms with E-state index in [0.717, 1.165) is 5.56 Å². The summed E-state index contributed by atoms with van der Waals surface area (Å²) in [7, 11) is 0.